The molecule has 7 nitrogen and oxygen atoms in total. The number of nitrogens with one attached hydrogen (secondary N) is 1. The molecule has 25 heavy (non-hydrogen) atoms. The van der Waals surface area contributed by atoms with E-state index in [4.69, 9.17) is 14.9 Å². The Hall–Kier alpha value is -2.48. The van der Waals surface area contributed by atoms with Crippen molar-refractivity contribution in [2.45, 2.75) is 26.0 Å². The van der Waals surface area contributed by atoms with Crippen LogP contribution in [-0.4, -0.2) is 30.1 Å². The quantitative estimate of drug-likeness (QED) is 0.573. The number of hydrogen-bond acceptors (Lipinski definition) is 6. The first-order valence-corrected chi connectivity index (χ1v) is 9.05. The fourth-order valence-electron chi connectivity index (χ4n) is 2.36. The van der Waals surface area contributed by atoms with Gasteiger partial charge in [-0.2, -0.15) is 11.8 Å². The molecule has 1 atom stereocenters. The zero-order chi connectivity index (χ0) is 18.4. The predicted molar refractivity (Wildman–Crippen MR) is 96.5 cm³/mol. The van der Waals surface area contributed by atoms with Crippen LogP contribution >= 0.6 is 11.8 Å². The van der Waals surface area contributed by atoms with Crippen molar-refractivity contribution < 1.29 is 18.7 Å². The lowest BCUT2D eigenvalue weighted by molar-refractivity contribution is -0.147. The van der Waals surface area contributed by atoms with E-state index >= 15 is 0 Å². The summed E-state index contributed by atoms with van der Waals surface area (Å²) in [7, 11) is 0. The van der Waals surface area contributed by atoms with Crippen LogP contribution in [0.4, 0.5) is 4.79 Å². The first-order valence-electron chi connectivity index (χ1n) is 7.65. The van der Waals surface area contributed by atoms with Crippen molar-refractivity contribution in [1.82, 2.24) is 5.32 Å². The Labute approximate surface area is 148 Å². The Balaban J connectivity index is 2.16. The molecule has 134 valence electrons. The second-order valence-corrected chi connectivity index (χ2v) is 6.53. The van der Waals surface area contributed by atoms with E-state index in [2.05, 4.69) is 5.32 Å². The third-order valence-corrected chi connectivity index (χ3v) is 4.21. The molecule has 0 aliphatic heterocycles. The van der Waals surface area contributed by atoms with Gasteiger partial charge in [-0.1, -0.05) is 12.1 Å². The maximum atomic E-state index is 12.2. The monoisotopic (exact) mass is 364 g/mol. The summed E-state index contributed by atoms with van der Waals surface area (Å²) in [6.45, 7) is 1.79. The van der Waals surface area contributed by atoms with Crippen LogP contribution in [0.2, 0.25) is 0 Å². The highest BCUT2D eigenvalue weighted by Gasteiger charge is 2.21. The molecule has 2 amide bonds. The lowest BCUT2D eigenvalue weighted by Gasteiger charge is -2.16. The van der Waals surface area contributed by atoms with Crippen molar-refractivity contribution in [1.29, 1.82) is 0 Å². The molecule has 0 radical (unpaired) electrons. The zero-order valence-electron chi connectivity index (χ0n) is 14.0. The van der Waals surface area contributed by atoms with Crippen molar-refractivity contribution in [2.75, 3.05) is 12.0 Å². The van der Waals surface area contributed by atoms with Gasteiger partial charge < -0.3 is 20.2 Å². The number of thioether (sulfide) groups is 1. The molecule has 1 heterocycles. The molecule has 0 spiro atoms. The van der Waals surface area contributed by atoms with Crippen molar-refractivity contribution in [2.24, 2.45) is 5.73 Å². The number of fused-ring (bicyclic) bond motifs is 1. The number of esters is 1. The molecule has 2 rings (SSSR count). The maximum absolute atomic E-state index is 12.2. The van der Waals surface area contributed by atoms with Gasteiger partial charge in [-0.3, -0.25) is 0 Å². The number of urea groups is 1. The average molecular weight is 364 g/mol. The van der Waals surface area contributed by atoms with E-state index in [1.165, 1.54) is 6.07 Å². The second kappa shape index (κ2) is 8.57. The summed E-state index contributed by atoms with van der Waals surface area (Å²) >= 11 is 1.54. The Morgan fingerprint density at radius 2 is 2.12 bits per heavy atom. The number of benzene rings is 1. The summed E-state index contributed by atoms with van der Waals surface area (Å²) in [5, 5.41) is 3.07. The summed E-state index contributed by atoms with van der Waals surface area (Å²) in [4.78, 5) is 35.0. The molecular weight excluding hydrogens is 344 g/mol. The molecule has 0 bridgehead atoms. The number of nitrogens with two attached hydrogens (primary N) is 1. The van der Waals surface area contributed by atoms with E-state index in [0.29, 0.717) is 28.7 Å². The highest BCUT2D eigenvalue weighted by molar-refractivity contribution is 7.98. The first-order chi connectivity index (χ1) is 11.9. The van der Waals surface area contributed by atoms with Crippen molar-refractivity contribution in [3.63, 3.8) is 0 Å². The topological polar surface area (TPSA) is 112 Å². The molecule has 0 aliphatic rings. The van der Waals surface area contributed by atoms with Crippen LogP contribution in [0.15, 0.2) is 33.5 Å². The summed E-state index contributed by atoms with van der Waals surface area (Å²) in [6.07, 6.45) is 2.30. The Bertz CT molecular complexity index is 833. The first kappa shape index (κ1) is 18.9. The lowest BCUT2D eigenvalue weighted by Crippen LogP contribution is -2.44. The van der Waals surface area contributed by atoms with Crippen molar-refractivity contribution in [3.05, 3.63) is 45.8 Å². The van der Waals surface area contributed by atoms with E-state index in [9.17, 15) is 14.4 Å². The van der Waals surface area contributed by atoms with Gasteiger partial charge >= 0.3 is 17.6 Å². The van der Waals surface area contributed by atoms with E-state index in [1.54, 1.807) is 17.8 Å². The smallest absolute Gasteiger partial charge is 0.336 e. The van der Waals surface area contributed by atoms with E-state index < -0.39 is 23.7 Å². The maximum Gasteiger partial charge on any atom is 0.336 e. The van der Waals surface area contributed by atoms with E-state index in [0.717, 1.165) is 5.56 Å². The molecule has 0 saturated heterocycles. The summed E-state index contributed by atoms with van der Waals surface area (Å²) in [5.74, 6) is 0.0679. The van der Waals surface area contributed by atoms with Crippen LogP contribution in [0, 0.1) is 6.92 Å². The number of primary amides is 1. The number of ether oxygens (including phenoxy) is 1. The molecular formula is C17H20N2O5S. The molecule has 0 fully saturated rings. The number of carbonyl (C=O) groups excluding carboxylic acids is 2. The highest BCUT2D eigenvalue weighted by Crippen LogP contribution is 2.19. The van der Waals surface area contributed by atoms with Crippen molar-refractivity contribution >= 4 is 34.7 Å². The lowest BCUT2D eigenvalue weighted by atomic mass is 10.1. The molecule has 3 N–H and O–H groups in total. The predicted octanol–water partition coefficient (Wildman–Crippen LogP) is 1.93. The normalized spacial score (nSPS) is 11.9. The Kier molecular flexibility index (Phi) is 6.46. The van der Waals surface area contributed by atoms with Gasteiger partial charge in [0.15, 0.2) is 0 Å². The summed E-state index contributed by atoms with van der Waals surface area (Å²) < 4.78 is 10.5. The summed E-state index contributed by atoms with van der Waals surface area (Å²) in [5.41, 5.74) is 6.52. The summed E-state index contributed by atoms with van der Waals surface area (Å²) in [6, 6.07) is 5.12. The SMILES string of the molecule is CSCC[C@@H](NC(N)=O)C(=O)OCc1cc(=O)oc2cc(C)ccc12. The minimum Gasteiger partial charge on any atom is -0.459 e. The minimum atomic E-state index is -0.821. The molecule has 1 aromatic carbocycles. The Morgan fingerprint density at radius 1 is 1.36 bits per heavy atom. The van der Waals surface area contributed by atoms with Crippen molar-refractivity contribution in [3.8, 4) is 0 Å². The number of hydrogen-bond donors (Lipinski definition) is 2. The average Bonchev–Trinajstić information content (AvgIpc) is 2.55. The van der Waals surface area contributed by atoms with Gasteiger partial charge in [-0.05, 0) is 37.0 Å². The third-order valence-electron chi connectivity index (χ3n) is 3.57. The number of amides is 2. The van der Waals surface area contributed by atoms with Crippen LogP contribution in [-0.2, 0) is 16.1 Å². The van der Waals surface area contributed by atoms with Gasteiger partial charge in [-0.25, -0.2) is 14.4 Å². The van der Waals surface area contributed by atoms with Crippen LogP contribution in [0.5, 0.6) is 0 Å². The van der Waals surface area contributed by atoms with Crippen LogP contribution < -0.4 is 16.7 Å². The number of rotatable bonds is 7. The van der Waals surface area contributed by atoms with Gasteiger partial charge in [0.25, 0.3) is 0 Å². The third kappa shape index (κ3) is 5.25. The number of carbonyl (C=O) groups is 2. The van der Waals surface area contributed by atoms with E-state index in [-0.39, 0.29) is 6.61 Å². The van der Waals surface area contributed by atoms with Gasteiger partial charge in [-0.15, -0.1) is 0 Å². The standard InChI is InChI=1S/C17H20N2O5S/c1-10-3-4-12-11(8-15(20)24-14(12)7-10)9-23-16(21)13(5-6-25-2)19-17(18)22/h3-4,7-8,13H,5-6,9H2,1-2H3,(H3,18,19,22)/t13-/m1/s1. The number of aryl methyl sites for hydroxylation is 1. The molecule has 2 aromatic rings. The van der Waals surface area contributed by atoms with Crippen LogP contribution in [0.1, 0.15) is 17.5 Å². The molecule has 1 aromatic heterocycles. The fraction of sp³-hybridized carbons (Fsp3) is 0.353. The van der Waals surface area contributed by atoms with Crippen LogP contribution in [0.25, 0.3) is 11.0 Å². The molecule has 0 unspecified atom stereocenters. The van der Waals surface area contributed by atoms with Gasteiger partial charge in [0, 0.05) is 17.0 Å². The van der Waals surface area contributed by atoms with Gasteiger partial charge in [0.2, 0.25) is 0 Å². The Morgan fingerprint density at radius 3 is 2.80 bits per heavy atom. The fourth-order valence-corrected chi connectivity index (χ4v) is 2.83. The minimum absolute atomic E-state index is 0.0970. The van der Waals surface area contributed by atoms with Crippen LogP contribution in [0.3, 0.4) is 0 Å². The highest BCUT2D eigenvalue weighted by atomic mass is 32.2. The van der Waals surface area contributed by atoms with Gasteiger partial charge in [0.05, 0.1) is 0 Å². The molecule has 0 aliphatic carbocycles. The van der Waals surface area contributed by atoms with Gasteiger partial charge in [0.1, 0.15) is 18.2 Å². The molecule has 8 heteroatoms. The second-order valence-electron chi connectivity index (χ2n) is 5.54. The van der Waals surface area contributed by atoms with E-state index in [1.807, 2.05) is 25.3 Å². The largest absolute Gasteiger partial charge is 0.459 e. The molecule has 0 saturated carbocycles. The zero-order valence-corrected chi connectivity index (χ0v) is 14.9.